The maximum Gasteiger partial charge on any atom is 0.296 e. The van der Waals surface area contributed by atoms with E-state index in [1.165, 1.54) is 24.3 Å². The molecular formula is C30H23N3O5. The van der Waals surface area contributed by atoms with Crippen LogP contribution < -0.4 is 5.32 Å². The molecular weight excluding hydrogens is 482 g/mol. The molecule has 0 aliphatic rings. The third-order valence-electron chi connectivity index (χ3n) is 5.60. The Balaban J connectivity index is 1.79. The number of Topliss-reactive ketones (excluding diaryl/α,β-unsaturated/α-hetero) is 1. The number of ketones is 1. The number of nitrogens with one attached hydrogen (secondary N) is 1. The summed E-state index contributed by atoms with van der Waals surface area (Å²) in [7, 11) is 0. The van der Waals surface area contributed by atoms with Crippen LogP contribution in [0.15, 0.2) is 126 Å². The molecule has 0 unspecified atom stereocenters. The summed E-state index contributed by atoms with van der Waals surface area (Å²) in [4.78, 5) is 41.8. The van der Waals surface area contributed by atoms with Crippen LogP contribution in [0.4, 0.5) is 11.4 Å². The fourth-order valence-corrected chi connectivity index (χ4v) is 3.70. The van der Waals surface area contributed by atoms with Gasteiger partial charge in [-0.1, -0.05) is 91.0 Å². The number of nitro groups is 1. The van der Waals surface area contributed by atoms with Gasteiger partial charge in [0.05, 0.1) is 22.8 Å². The number of carbonyl (C=O) groups is 2. The molecule has 0 aliphatic heterocycles. The molecule has 0 atom stereocenters. The lowest BCUT2D eigenvalue weighted by molar-refractivity contribution is -0.384. The van der Waals surface area contributed by atoms with Crippen LogP contribution in [-0.4, -0.2) is 27.4 Å². The van der Waals surface area contributed by atoms with Gasteiger partial charge < -0.3 is 10.4 Å². The van der Waals surface area contributed by atoms with Crippen LogP contribution in [0.3, 0.4) is 0 Å². The number of non-ortho nitro benzene ring substituents is 1. The Morgan fingerprint density at radius 3 is 1.84 bits per heavy atom. The van der Waals surface area contributed by atoms with Crippen molar-refractivity contribution >= 4 is 34.5 Å². The largest absolute Gasteiger partial charge is 0.506 e. The molecule has 0 saturated carbocycles. The summed E-state index contributed by atoms with van der Waals surface area (Å²) >= 11 is 0. The van der Waals surface area contributed by atoms with Crippen LogP contribution in [0.25, 0.3) is 5.76 Å². The Kier molecular flexibility index (Phi) is 8.15. The first-order chi connectivity index (χ1) is 18.4. The molecule has 2 N–H and O–H groups in total. The summed E-state index contributed by atoms with van der Waals surface area (Å²) in [6.45, 7) is 0.202. The Labute approximate surface area is 218 Å². The Bertz CT molecular complexity index is 1500. The van der Waals surface area contributed by atoms with Crippen molar-refractivity contribution in [1.29, 1.82) is 0 Å². The average molecular weight is 506 g/mol. The molecule has 1 amide bonds. The molecule has 0 fully saturated rings. The van der Waals surface area contributed by atoms with Gasteiger partial charge in [-0.3, -0.25) is 24.7 Å². The van der Waals surface area contributed by atoms with Crippen LogP contribution in [0, 0.1) is 10.1 Å². The first kappa shape index (κ1) is 25.7. The number of aliphatic hydroxyl groups is 1. The van der Waals surface area contributed by atoms with E-state index in [0.29, 0.717) is 11.1 Å². The molecule has 38 heavy (non-hydrogen) atoms. The molecule has 8 heteroatoms. The average Bonchev–Trinajstić information content (AvgIpc) is 2.96. The lowest BCUT2D eigenvalue weighted by Crippen LogP contribution is -2.29. The van der Waals surface area contributed by atoms with Gasteiger partial charge in [-0.2, -0.15) is 0 Å². The number of hydrogen-bond donors (Lipinski definition) is 2. The fourth-order valence-electron chi connectivity index (χ4n) is 3.70. The summed E-state index contributed by atoms with van der Waals surface area (Å²) in [5.41, 5.74) is 1.67. The molecule has 0 spiro atoms. The molecule has 0 radical (unpaired) electrons. The summed E-state index contributed by atoms with van der Waals surface area (Å²) in [5, 5.41) is 24.7. The smallest absolute Gasteiger partial charge is 0.296 e. The van der Waals surface area contributed by atoms with Crippen molar-refractivity contribution < 1.29 is 19.6 Å². The van der Waals surface area contributed by atoms with E-state index in [4.69, 9.17) is 0 Å². The normalized spacial score (nSPS) is 11.8. The number of anilines is 1. The molecule has 4 rings (SSSR count). The number of aliphatic hydroxyl groups excluding tert-OH is 1. The second-order valence-electron chi connectivity index (χ2n) is 8.19. The van der Waals surface area contributed by atoms with Crippen molar-refractivity contribution in [3.05, 3.63) is 148 Å². The lowest BCUT2D eigenvalue weighted by Gasteiger charge is -2.14. The minimum atomic E-state index is -1.03. The SMILES string of the molecule is O=C(Nc1ccc([N+](=O)[O-])cc1)C(=O)/C(C(=NCc1ccccc1)c1ccccc1)=C(/O)c1ccccc1. The fraction of sp³-hybridized carbons (Fsp3) is 0.0333. The van der Waals surface area contributed by atoms with E-state index in [-0.39, 0.29) is 29.2 Å². The zero-order valence-corrected chi connectivity index (χ0v) is 20.2. The quantitative estimate of drug-likeness (QED) is 0.0748. The predicted octanol–water partition coefficient (Wildman–Crippen LogP) is 5.76. The van der Waals surface area contributed by atoms with Crippen LogP contribution in [0.5, 0.6) is 0 Å². The Morgan fingerprint density at radius 2 is 1.29 bits per heavy atom. The maximum atomic E-state index is 13.6. The number of rotatable bonds is 9. The zero-order valence-electron chi connectivity index (χ0n) is 20.2. The highest BCUT2D eigenvalue weighted by Gasteiger charge is 2.29. The van der Waals surface area contributed by atoms with Gasteiger partial charge in [0.25, 0.3) is 17.4 Å². The van der Waals surface area contributed by atoms with Gasteiger partial charge in [0, 0.05) is 28.9 Å². The summed E-state index contributed by atoms with van der Waals surface area (Å²) < 4.78 is 0. The number of nitrogens with zero attached hydrogens (tertiary/aromatic N) is 2. The van der Waals surface area contributed by atoms with E-state index < -0.39 is 22.4 Å². The Hall–Kier alpha value is -5.37. The van der Waals surface area contributed by atoms with Crippen molar-refractivity contribution in [3.63, 3.8) is 0 Å². The second-order valence-corrected chi connectivity index (χ2v) is 8.19. The van der Waals surface area contributed by atoms with Crippen molar-refractivity contribution in [3.8, 4) is 0 Å². The highest BCUT2D eigenvalue weighted by molar-refractivity contribution is 6.55. The Morgan fingerprint density at radius 1 is 0.763 bits per heavy atom. The first-order valence-electron chi connectivity index (χ1n) is 11.7. The second kappa shape index (κ2) is 12.0. The number of benzene rings is 4. The van der Waals surface area contributed by atoms with Crippen LogP contribution >= 0.6 is 0 Å². The van der Waals surface area contributed by atoms with Gasteiger partial charge in [0.1, 0.15) is 5.76 Å². The molecule has 0 heterocycles. The first-order valence-corrected chi connectivity index (χ1v) is 11.7. The summed E-state index contributed by atoms with van der Waals surface area (Å²) in [5.74, 6) is -2.44. The molecule has 0 bridgehead atoms. The number of aliphatic imine (C=N–C) groups is 1. The molecule has 8 nitrogen and oxygen atoms in total. The topological polar surface area (TPSA) is 122 Å². The van der Waals surface area contributed by atoms with Crippen LogP contribution in [0.2, 0.25) is 0 Å². The molecule has 188 valence electrons. The van der Waals surface area contributed by atoms with Crippen molar-refractivity contribution in [2.24, 2.45) is 4.99 Å². The monoisotopic (exact) mass is 505 g/mol. The van der Waals surface area contributed by atoms with E-state index in [2.05, 4.69) is 10.3 Å². The van der Waals surface area contributed by atoms with E-state index in [1.807, 2.05) is 36.4 Å². The van der Waals surface area contributed by atoms with Gasteiger partial charge in [-0.25, -0.2) is 0 Å². The van der Waals surface area contributed by atoms with E-state index in [9.17, 15) is 24.8 Å². The van der Waals surface area contributed by atoms with Gasteiger partial charge in [-0.15, -0.1) is 0 Å². The lowest BCUT2D eigenvalue weighted by atomic mass is 9.94. The standard InChI is InChI=1S/C30H23N3O5/c34-28(23-14-8-3-9-15-23)26(29(35)30(36)32-24-16-18-25(19-17-24)33(37)38)27(22-12-6-2-7-13-22)31-20-21-10-4-1-5-11-21/h1-19,34H,20H2,(H,32,36)/b28-26+,31-27?. The highest BCUT2D eigenvalue weighted by atomic mass is 16.6. The van der Waals surface area contributed by atoms with Crippen LogP contribution in [0.1, 0.15) is 16.7 Å². The maximum absolute atomic E-state index is 13.6. The minimum Gasteiger partial charge on any atom is -0.506 e. The predicted molar refractivity (Wildman–Crippen MR) is 146 cm³/mol. The third kappa shape index (κ3) is 6.24. The number of carbonyl (C=O) groups excluding carboxylic acids is 2. The molecule has 0 aromatic heterocycles. The summed E-state index contributed by atoms with van der Waals surface area (Å²) in [6, 6.07) is 31.7. The van der Waals surface area contributed by atoms with Gasteiger partial charge in [0.15, 0.2) is 0 Å². The number of amides is 1. The van der Waals surface area contributed by atoms with E-state index in [0.717, 1.165) is 5.56 Å². The minimum absolute atomic E-state index is 0.152. The molecule has 0 saturated heterocycles. The van der Waals surface area contributed by atoms with E-state index >= 15 is 0 Å². The van der Waals surface area contributed by atoms with Gasteiger partial charge >= 0.3 is 0 Å². The highest BCUT2D eigenvalue weighted by Crippen LogP contribution is 2.23. The van der Waals surface area contributed by atoms with Crippen molar-refractivity contribution in [2.75, 3.05) is 5.32 Å². The third-order valence-corrected chi connectivity index (χ3v) is 5.60. The van der Waals surface area contributed by atoms with Crippen molar-refractivity contribution in [1.82, 2.24) is 0 Å². The van der Waals surface area contributed by atoms with Gasteiger partial charge in [0.2, 0.25) is 0 Å². The van der Waals surface area contributed by atoms with Crippen LogP contribution in [-0.2, 0) is 16.1 Å². The zero-order chi connectivity index (χ0) is 26.9. The summed E-state index contributed by atoms with van der Waals surface area (Å²) in [6.07, 6.45) is 0. The molecule has 4 aromatic rings. The van der Waals surface area contributed by atoms with E-state index in [1.54, 1.807) is 54.6 Å². The molecule has 4 aromatic carbocycles. The molecule has 0 aliphatic carbocycles. The van der Waals surface area contributed by atoms with Gasteiger partial charge in [-0.05, 0) is 17.7 Å². The van der Waals surface area contributed by atoms with Crippen molar-refractivity contribution in [2.45, 2.75) is 6.54 Å². The number of hydrogen-bond acceptors (Lipinski definition) is 6. The number of nitro benzene ring substituents is 1.